The van der Waals surface area contributed by atoms with Crippen LogP contribution in [0.3, 0.4) is 0 Å². The lowest BCUT2D eigenvalue weighted by Crippen LogP contribution is -2.14. The topological polar surface area (TPSA) is 74.2 Å². The summed E-state index contributed by atoms with van der Waals surface area (Å²) in [4.78, 5) is 26.6. The zero-order valence-corrected chi connectivity index (χ0v) is 11.8. The highest BCUT2D eigenvalue weighted by Crippen LogP contribution is 2.18. The first-order chi connectivity index (χ1) is 10.1. The van der Waals surface area contributed by atoms with Gasteiger partial charge < -0.3 is 14.2 Å². The minimum atomic E-state index is -0.463. The number of nitrogens with zero attached hydrogens (tertiary/aromatic N) is 1. The molecule has 1 aromatic carbocycles. The number of hydrogen-bond acceptors (Lipinski definition) is 6. The second kappa shape index (κ2) is 6.69. The summed E-state index contributed by atoms with van der Waals surface area (Å²) in [6, 6.07) is 6.90. The molecule has 0 amide bonds. The van der Waals surface area contributed by atoms with Gasteiger partial charge in [-0.1, -0.05) is 12.1 Å². The second-order valence-electron chi connectivity index (χ2n) is 4.21. The summed E-state index contributed by atoms with van der Waals surface area (Å²) in [7, 11) is 0. The van der Waals surface area contributed by atoms with Crippen LogP contribution in [0.4, 0.5) is 0 Å². The van der Waals surface area contributed by atoms with E-state index in [1.165, 1.54) is 0 Å². The van der Waals surface area contributed by atoms with Gasteiger partial charge in [0, 0.05) is 6.92 Å². The van der Waals surface area contributed by atoms with Crippen LogP contribution in [0.15, 0.2) is 35.0 Å². The molecule has 1 aliphatic heterocycles. The molecule has 0 bridgehead atoms. The first-order valence-corrected chi connectivity index (χ1v) is 6.46. The van der Waals surface area contributed by atoms with Gasteiger partial charge in [-0.3, -0.25) is 0 Å². The van der Waals surface area contributed by atoms with Gasteiger partial charge in [0.1, 0.15) is 5.75 Å². The fourth-order valence-corrected chi connectivity index (χ4v) is 1.68. The van der Waals surface area contributed by atoms with Gasteiger partial charge in [-0.25, -0.2) is 14.6 Å². The van der Waals surface area contributed by atoms with Crippen molar-refractivity contribution in [3.8, 4) is 5.75 Å². The fraction of sp³-hybridized carbons (Fsp3) is 0.267. The molecule has 0 fully saturated rings. The monoisotopic (exact) mass is 289 g/mol. The number of esters is 2. The van der Waals surface area contributed by atoms with Crippen LogP contribution in [-0.4, -0.2) is 31.1 Å². The smallest absolute Gasteiger partial charge is 0.363 e. The summed E-state index contributed by atoms with van der Waals surface area (Å²) in [5.41, 5.74) is 1.04. The molecule has 1 aromatic rings. The van der Waals surface area contributed by atoms with Crippen molar-refractivity contribution in [3.63, 3.8) is 0 Å². The van der Waals surface area contributed by atoms with Crippen molar-refractivity contribution in [2.45, 2.75) is 13.8 Å². The van der Waals surface area contributed by atoms with E-state index in [4.69, 9.17) is 14.2 Å². The summed E-state index contributed by atoms with van der Waals surface area (Å²) >= 11 is 0. The Morgan fingerprint density at radius 2 is 2.05 bits per heavy atom. The third-order valence-corrected chi connectivity index (χ3v) is 2.57. The zero-order valence-electron chi connectivity index (χ0n) is 11.8. The summed E-state index contributed by atoms with van der Waals surface area (Å²) in [5.74, 6) is -0.00290. The number of carbonyl (C=O) groups is 2. The van der Waals surface area contributed by atoms with E-state index in [0.29, 0.717) is 18.3 Å². The second-order valence-corrected chi connectivity index (χ2v) is 4.21. The molecule has 6 heteroatoms. The van der Waals surface area contributed by atoms with Gasteiger partial charge in [0.15, 0.2) is 18.2 Å². The van der Waals surface area contributed by atoms with Gasteiger partial charge in [-0.05, 0) is 30.7 Å². The van der Waals surface area contributed by atoms with Gasteiger partial charge in [-0.15, -0.1) is 0 Å². The minimum Gasteiger partial charge on any atom is -0.482 e. The molecule has 1 heterocycles. The molecule has 0 saturated carbocycles. The van der Waals surface area contributed by atoms with Gasteiger partial charge in [-0.2, -0.15) is 0 Å². The van der Waals surface area contributed by atoms with E-state index < -0.39 is 11.9 Å². The average molecular weight is 289 g/mol. The third kappa shape index (κ3) is 4.17. The Bertz CT molecular complexity index is 601. The maximum Gasteiger partial charge on any atom is 0.363 e. The average Bonchev–Trinajstić information content (AvgIpc) is 2.76. The Labute approximate surface area is 122 Å². The maximum absolute atomic E-state index is 11.4. The Balaban J connectivity index is 1.98. The number of rotatable bonds is 5. The summed E-state index contributed by atoms with van der Waals surface area (Å²) in [6.45, 7) is 3.54. The molecule has 0 N–H and O–H groups in total. The number of aliphatic imine (C=N–C) groups is 1. The number of hydrogen-bond donors (Lipinski definition) is 0. The number of carbonyl (C=O) groups excluding carboxylic acids is 2. The Hall–Kier alpha value is -2.63. The molecule has 6 nitrogen and oxygen atoms in total. The molecule has 0 saturated heterocycles. The minimum absolute atomic E-state index is 0.135. The largest absolute Gasteiger partial charge is 0.482 e. The number of cyclic esters (lactones) is 1. The lowest BCUT2D eigenvalue weighted by Gasteiger charge is -2.05. The Kier molecular flexibility index (Phi) is 4.71. The maximum atomic E-state index is 11.4. The summed E-state index contributed by atoms with van der Waals surface area (Å²) in [6.07, 6.45) is 1.62. The molecule has 0 unspecified atom stereocenters. The molecule has 2 rings (SSSR count). The van der Waals surface area contributed by atoms with E-state index in [2.05, 4.69) is 4.99 Å². The van der Waals surface area contributed by atoms with E-state index in [0.717, 1.165) is 5.56 Å². The summed E-state index contributed by atoms with van der Waals surface area (Å²) in [5, 5.41) is 0. The van der Waals surface area contributed by atoms with E-state index in [1.807, 2.05) is 0 Å². The van der Waals surface area contributed by atoms with Gasteiger partial charge >= 0.3 is 11.9 Å². The van der Waals surface area contributed by atoms with Gasteiger partial charge in [0.2, 0.25) is 0 Å². The molecule has 0 atom stereocenters. The highest BCUT2D eigenvalue weighted by molar-refractivity contribution is 6.06. The van der Waals surface area contributed by atoms with E-state index in [1.54, 1.807) is 44.2 Å². The van der Waals surface area contributed by atoms with Crippen LogP contribution in [0.5, 0.6) is 5.75 Å². The van der Waals surface area contributed by atoms with Crippen molar-refractivity contribution in [1.29, 1.82) is 0 Å². The van der Waals surface area contributed by atoms with Crippen LogP contribution in [0.1, 0.15) is 19.4 Å². The zero-order chi connectivity index (χ0) is 15.2. The van der Waals surface area contributed by atoms with E-state index >= 15 is 0 Å². The van der Waals surface area contributed by atoms with Crippen molar-refractivity contribution in [2.24, 2.45) is 4.99 Å². The number of benzene rings is 1. The first-order valence-electron chi connectivity index (χ1n) is 6.46. The first kappa shape index (κ1) is 14.8. The molecule has 1 aliphatic rings. The molecular formula is C15H15NO5. The third-order valence-electron chi connectivity index (χ3n) is 2.57. The fourth-order valence-electron chi connectivity index (χ4n) is 1.68. The Morgan fingerprint density at radius 3 is 2.62 bits per heavy atom. The van der Waals surface area contributed by atoms with Crippen molar-refractivity contribution in [1.82, 2.24) is 0 Å². The lowest BCUT2D eigenvalue weighted by atomic mass is 10.2. The van der Waals surface area contributed by atoms with Crippen molar-refractivity contribution in [2.75, 3.05) is 13.2 Å². The number of ether oxygens (including phenoxy) is 3. The molecular weight excluding hydrogens is 274 g/mol. The van der Waals surface area contributed by atoms with Crippen LogP contribution in [-0.2, 0) is 19.1 Å². The summed E-state index contributed by atoms with van der Waals surface area (Å²) < 4.78 is 14.9. The predicted molar refractivity (Wildman–Crippen MR) is 75.7 cm³/mol. The Morgan fingerprint density at radius 1 is 1.33 bits per heavy atom. The van der Waals surface area contributed by atoms with Crippen LogP contribution >= 0.6 is 0 Å². The van der Waals surface area contributed by atoms with Crippen molar-refractivity contribution in [3.05, 3.63) is 35.5 Å². The van der Waals surface area contributed by atoms with Crippen molar-refractivity contribution >= 4 is 23.9 Å². The highest BCUT2D eigenvalue weighted by Gasteiger charge is 2.19. The van der Waals surface area contributed by atoms with Crippen LogP contribution in [0.25, 0.3) is 6.08 Å². The van der Waals surface area contributed by atoms with Crippen LogP contribution in [0.2, 0.25) is 0 Å². The molecule has 110 valence electrons. The van der Waals surface area contributed by atoms with Gasteiger partial charge in [0.25, 0.3) is 0 Å². The van der Waals surface area contributed by atoms with E-state index in [9.17, 15) is 9.59 Å². The predicted octanol–water partition coefficient (Wildman–Crippen LogP) is 1.94. The van der Waals surface area contributed by atoms with E-state index in [-0.39, 0.29) is 12.3 Å². The molecule has 0 aromatic heterocycles. The highest BCUT2D eigenvalue weighted by atomic mass is 16.6. The lowest BCUT2D eigenvalue weighted by molar-refractivity contribution is -0.145. The standard InChI is InChI=1S/C15H15NO5/c1-3-19-14(17)9-20-12-6-4-11(5-7-12)8-13-15(18)21-10(2)16-13/h4-8H,3,9H2,1-2H3. The van der Waals surface area contributed by atoms with Gasteiger partial charge in [0.05, 0.1) is 6.61 Å². The molecule has 21 heavy (non-hydrogen) atoms. The quantitative estimate of drug-likeness (QED) is 0.611. The van der Waals surface area contributed by atoms with Crippen LogP contribution < -0.4 is 4.74 Å². The normalized spacial score (nSPS) is 15.6. The molecule has 0 aliphatic carbocycles. The van der Waals surface area contributed by atoms with Crippen LogP contribution in [0, 0.1) is 0 Å². The molecule has 0 radical (unpaired) electrons. The van der Waals surface area contributed by atoms with Crippen molar-refractivity contribution < 1.29 is 23.8 Å². The SMILES string of the molecule is CCOC(=O)COc1ccc(C=C2N=C(C)OC2=O)cc1. The molecule has 0 spiro atoms.